The summed E-state index contributed by atoms with van der Waals surface area (Å²) in [5.74, 6) is -1.97. The Labute approximate surface area is 202 Å². The molecule has 4 amide bonds. The normalized spacial score (nSPS) is 11.1. The van der Waals surface area contributed by atoms with E-state index in [1.807, 2.05) is 0 Å². The summed E-state index contributed by atoms with van der Waals surface area (Å²) in [6.07, 6.45) is -3.57. The topological polar surface area (TPSA) is 121 Å². The van der Waals surface area contributed by atoms with E-state index in [0.717, 1.165) is 0 Å². The van der Waals surface area contributed by atoms with Crippen molar-refractivity contribution in [3.63, 3.8) is 0 Å². The number of hydrazine groups is 1. The number of alkyl halides is 3. The number of urea groups is 1. The molecule has 0 saturated carbocycles. The predicted molar refractivity (Wildman–Crippen MR) is 120 cm³/mol. The molecule has 0 aliphatic rings. The van der Waals surface area contributed by atoms with Gasteiger partial charge in [-0.3, -0.25) is 15.0 Å². The second-order valence-electron chi connectivity index (χ2n) is 7.42. The molecule has 0 bridgehead atoms. The van der Waals surface area contributed by atoms with Crippen LogP contribution in [-0.4, -0.2) is 51.6 Å². The van der Waals surface area contributed by atoms with Gasteiger partial charge in [0.25, 0.3) is 11.8 Å². The first kappa shape index (κ1) is 25.5. The van der Waals surface area contributed by atoms with E-state index in [2.05, 4.69) is 26.3 Å². The fourth-order valence-corrected chi connectivity index (χ4v) is 3.01. The lowest BCUT2D eigenvalue weighted by Gasteiger charge is -2.15. The summed E-state index contributed by atoms with van der Waals surface area (Å²) >= 11 is 6.06. The summed E-state index contributed by atoms with van der Waals surface area (Å²) in [7, 11) is 2.93. The monoisotopic (exact) mass is 509 g/mol. The van der Waals surface area contributed by atoms with Gasteiger partial charge in [0.2, 0.25) is 0 Å². The number of nitrogens with one attached hydrogen (secondary N) is 3. The molecule has 0 radical (unpaired) electrons. The van der Waals surface area contributed by atoms with Crippen molar-refractivity contribution in [1.29, 1.82) is 0 Å². The van der Waals surface area contributed by atoms with Gasteiger partial charge < -0.3 is 10.2 Å². The first-order valence-corrected chi connectivity index (χ1v) is 10.2. The molecule has 35 heavy (non-hydrogen) atoms. The fourth-order valence-electron chi connectivity index (χ4n) is 2.81. The maximum Gasteiger partial charge on any atom is 0.435 e. The van der Waals surface area contributed by atoms with Crippen LogP contribution in [0.25, 0.3) is 5.82 Å². The quantitative estimate of drug-likeness (QED) is 0.465. The lowest BCUT2D eigenvalue weighted by Crippen LogP contribution is -2.46. The number of carbonyl (C=O) groups is 3. The number of rotatable bonds is 4. The van der Waals surface area contributed by atoms with Gasteiger partial charge in [-0.2, -0.15) is 18.3 Å². The molecule has 0 atom stereocenters. The number of hydrogen-bond donors (Lipinski definition) is 3. The highest BCUT2D eigenvalue weighted by Gasteiger charge is 2.36. The van der Waals surface area contributed by atoms with Crippen molar-refractivity contribution < 1.29 is 27.6 Å². The lowest BCUT2D eigenvalue weighted by atomic mass is 10.1. The summed E-state index contributed by atoms with van der Waals surface area (Å²) < 4.78 is 40.8. The van der Waals surface area contributed by atoms with Crippen molar-refractivity contribution in [2.24, 2.45) is 0 Å². The number of anilines is 1. The molecule has 0 saturated heterocycles. The third kappa shape index (κ3) is 5.87. The maximum absolute atomic E-state index is 13.4. The van der Waals surface area contributed by atoms with Crippen LogP contribution in [0.3, 0.4) is 0 Å². The minimum atomic E-state index is -4.85. The van der Waals surface area contributed by atoms with Crippen molar-refractivity contribution in [2.75, 3.05) is 19.4 Å². The van der Waals surface area contributed by atoms with Crippen LogP contribution in [0.5, 0.6) is 0 Å². The molecule has 0 unspecified atom stereocenters. The lowest BCUT2D eigenvalue weighted by molar-refractivity contribution is -0.141. The Balaban J connectivity index is 1.98. The van der Waals surface area contributed by atoms with Crippen LogP contribution in [0.15, 0.2) is 42.6 Å². The average molecular weight is 510 g/mol. The number of nitrogens with zero attached hydrogens (tertiary/aromatic N) is 4. The van der Waals surface area contributed by atoms with Crippen molar-refractivity contribution in [2.45, 2.75) is 13.1 Å². The van der Waals surface area contributed by atoms with Gasteiger partial charge in [-0.25, -0.2) is 19.9 Å². The first-order valence-electron chi connectivity index (χ1n) is 9.86. The number of amides is 4. The Morgan fingerprint density at radius 1 is 1.06 bits per heavy atom. The fraction of sp³-hybridized carbons (Fsp3) is 0.190. The summed E-state index contributed by atoms with van der Waals surface area (Å²) in [4.78, 5) is 42.5. The van der Waals surface area contributed by atoms with Gasteiger partial charge in [0.05, 0.1) is 16.3 Å². The molecule has 184 valence electrons. The highest BCUT2D eigenvalue weighted by Crippen LogP contribution is 2.31. The number of aryl methyl sites for hydroxylation is 1. The van der Waals surface area contributed by atoms with Gasteiger partial charge in [-0.1, -0.05) is 17.7 Å². The molecule has 3 aromatic rings. The summed E-state index contributed by atoms with van der Waals surface area (Å²) in [5.41, 5.74) is 3.09. The van der Waals surface area contributed by atoms with Crippen LogP contribution in [0.1, 0.15) is 32.1 Å². The molecule has 10 nitrogen and oxygen atoms in total. The SMILES string of the molecule is Cc1ccc(C(=O)NNC(=O)N(C)C)c(NC(=O)c2cc(C(F)(F)F)nn2-c2ncccc2Cl)c1. The zero-order valence-corrected chi connectivity index (χ0v) is 19.3. The Morgan fingerprint density at radius 2 is 1.77 bits per heavy atom. The van der Waals surface area contributed by atoms with Gasteiger partial charge >= 0.3 is 12.2 Å². The van der Waals surface area contributed by atoms with Crippen LogP contribution in [0, 0.1) is 6.92 Å². The molecule has 2 heterocycles. The zero-order valence-electron chi connectivity index (χ0n) is 18.6. The van der Waals surface area contributed by atoms with E-state index in [4.69, 9.17) is 11.6 Å². The maximum atomic E-state index is 13.4. The minimum absolute atomic E-state index is 0.0139. The summed E-state index contributed by atoms with van der Waals surface area (Å²) in [5, 5.41) is 5.86. The van der Waals surface area contributed by atoms with E-state index in [1.54, 1.807) is 13.0 Å². The van der Waals surface area contributed by atoms with Crippen molar-refractivity contribution in [1.82, 2.24) is 30.5 Å². The standard InChI is InChI=1S/C21H19ClF3N7O3/c1-11-6-7-12(18(33)28-29-20(35)31(2)3)14(9-11)27-19(34)15-10-16(21(23,24)25)30-32(15)17-13(22)5-4-8-26-17/h4-10H,1-3H3,(H,27,34)(H,28,33)(H,29,35). The van der Waals surface area contributed by atoms with E-state index < -0.39 is 35.4 Å². The van der Waals surface area contributed by atoms with Crippen molar-refractivity contribution in [3.8, 4) is 5.82 Å². The van der Waals surface area contributed by atoms with Crippen molar-refractivity contribution in [3.05, 3.63) is 70.1 Å². The second kappa shape index (κ2) is 10.0. The molecule has 2 aromatic heterocycles. The van der Waals surface area contributed by atoms with Crippen LogP contribution >= 0.6 is 11.6 Å². The van der Waals surface area contributed by atoms with Crippen LogP contribution in [-0.2, 0) is 6.18 Å². The van der Waals surface area contributed by atoms with Gasteiger partial charge in [0.1, 0.15) is 5.69 Å². The molecule has 3 rings (SSSR count). The zero-order chi connectivity index (χ0) is 25.9. The number of carbonyl (C=O) groups excluding carboxylic acids is 3. The number of pyridine rings is 1. The number of aromatic nitrogens is 3. The average Bonchev–Trinajstić information content (AvgIpc) is 3.23. The first-order chi connectivity index (χ1) is 16.4. The molecular weight excluding hydrogens is 491 g/mol. The number of hydrogen-bond acceptors (Lipinski definition) is 5. The molecule has 0 fully saturated rings. The molecule has 3 N–H and O–H groups in total. The number of halogens is 4. The Bertz CT molecular complexity index is 1290. The molecule has 0 aliphatic heterocycles. The Morgan fingerprint density at radius 3 is 2.40 bits per heavy atom. The second-order valence-corrected chi connectivity index (χ2v) is 7.82. The van der Waals surface area contributed by atoms with Gasteiger partial charge in [0, 0.05) is 26.4 Å². The minimum Gasteiger partial charge on any atom is -0.330 e. The predicted octanol–water partition coefficient (Wildman–Crippen LogP) is 3.42. The highest BCUT2D eigenvalue weighted by atomic mass is 35.5. The van der Waals surface area contributed by atoms with E-state index in [1.165, 1.54) is 49.5 Å². The van der Waals surface area contributed by atoms with E-state index in [-0.39, 0.29) is 22.1 Å². The number of benzene rings is 1. The van der Waals surface area contributed by atoms with E-state index in [0.29, 0.717) is 16.3 Å². The van der Waals surface area contributed by atoms with Crippen LogP contribution in [0.4, 0.5) is 23.7 Å². The largest absolute Gasteiger partial charge is 0.435 e. The molecule has 0 spiro atoms. The van der Waals surface area contributed by atoms with E-state index in [9.17, 15) is 27.6 Å². The van der Waals surface area contributed by atoms with Gasteiger partial charge in [-0.15, -0.1) is 0 Å². The summed E-state index contributed by atoms with van der Waals surface area (Å²) in [6, 6.07) is 7.20. The Kier molecular flexibility index (Phi) is 7.29. The molecule has 14 heteroatoms. The Hall–Kier alpha value is -4.13. The third-order valence-corrected chi connectivity index (χ3v) is 4.82. The summed E-state index contributed by atoms with van der Waals surface area (Å²) in [6.45, 7) is 1.69. The van der Waals surface area contributed by atoms with Gasteiger partial charge in [0.15, 0.2) is 11.5 Å². The van der Waals surface area contributed by atoms with Crippen molar-refractivity contribution >= 4 is 35.1 Å². The molecule has 1 aromatic carbocycles. The molecule has 0 aliphatic carbocycles. The molecular formula is C21H19ClF3N7O3. The third-order valence-electron chi connectivity index (χ3n) is 4.53. The smallest absolute Gasteiger partial charge is 0.330 e. The van der Waals surface area contributed by atoms with Crippen LogP contribution < -0.4 is 16.2 Å². The van der Waals surface area contributed by atoms with Gasteiger partial charge in [-0.05, 0) is 36.8 Å². The van der Waals surface area contributed by atoms with E-state index >= 15 is 0 Å². The van der Waals surface area contributed by atoms with Crippen LogP contribution in [0.2, 0.25) is 5.02 Å². The highest BCUT2D eigenvalue weighted by molar-refractivity contribution is 6.32.